The zero-order valence-corrected chi connectivity index (χ0v) is 10.9. The van der Waals surface area contributed by atoms with Crippen LogP contribution in [0.3, 0.4) is 0 Å². The SMILES string of the molecule is CC.Cc1cccc(C(=O)N2CCOCC2)c1. The number of carbonyl (C=O) groups is 1. The second-order valence-corrected chi connectivity index (χ2v) is 3.77. The van der Waals surface area contributed by atoms with Crippen molar-refractivity contribution in [2.24, 2.45) is 0 Å². The Hall–Kier alpha value is -1.35. The lowest BCUT2D eigenvalue weighted by atomic mass is 10.1. The summed E-state index contributed by atoms with van der Waals surface area (Å²) in [6.45, 7) is 8.70. The van der Waals surface area contributed by atoms with Gasteiger partial charge >= 0.3 is 0 Å². The Kier molecular flexibility index (Phi) is 5.70. The standard InChI is InChI=1S/C12H15NO2.C2H6/c1-10-3-2-4-11(9-10)12(14)13-5-7-15-8-6-13;1-2/h2-4,9H,5-8H2,1H3;1-2H3. The smallest absolute Gasteiger partial charge is 0.254 e. The number of morpholine rings is 1. The van der Waals surface area contributed by atoms with Gasteiger partial charge in [0, 0.05) is 18.7 Å². The van der Waals surface area contributed by atoms with Gasteiger partial charge in [-0.1, -0.05) is 31.5 Å². The van der Waals surface area contributed by atoms with E-state index in [4.69, 9.17) is 4.74 Å². The summed E-state index contributed by atoms with van der Waals surface area (Å²) in [6, 6.07) is 7.71. The van der Waals surface area contributed by atoms with Crippen LogP contribution in [0.15, 0.2) is 24.3 Å². The van der Waals surface area contributed by atoms with Crippen LogP contribution in [-0.2, 0) is 4.74 Å². The van der Waals surface area contributed by atoms with Crippen molar-refractivity contribution in [3.63, 3.8) is 0 Å². The van der Waals surface area contributed by atoms with Gasteiger partial charge in [0.05, 0.1) is 13.2 Å². The molecular formula is C14H21NO2. The molecular weight excluding hydrogens is 214 g/mol. The van der Waals surface area contributed by atoms with Crippen LogP contribution >= 0.6 is 0 Å². The molecule has 0 bridgehead atoms. The van der Waals surface area contributed by atoms with Crippen molar-refractivity contribution in [1.82, 2.24) is 4.90 Å². The number of rotatable bonds is 1. The van der Waals surface area contributed by atoms with E-state index in [1.54, 1.807) is 0 Å². The van der Waals surface area contributed by atoms with E-state index in [9.17, 15) is 4.79 Å². The predicted molar refractivity (Wildman–Crippen MR) is 69.2 cm³/mol. The maximum absolute atomic E-state index is 12.0. The van der Waals surface area contributed by atoms with Crippen molar-refractivity contribution in [3.05, 3.63) is 35.4 Å². The number of nitrogens with zero attached hydrogens (tertiary/aromatic N) is 1. The van der Waals surface area contributed by atoms with Gasteiger partial charge in [-0.2, -0.15) is 0 Å². The van der Waals surface area contributed by atoms with Gasteiger partial charge in [0.1, 0.15) is 0 Å². The molecule has 0 saturated carbocycles. The van der Waals surface area contributed by atoms with Gasteiger partial charge in [-0.25, -0.2) is 0 Å². The highest BCUT2D eigenvalue weighted by Gasteiger charge is 2.17. The first kappa shape index (κ1) is 13.7. The minimum atomic E-state index is 0.113. The zero-order chi connectivity index (χ0) is 12.7. The summed E-state index contributed by atoms with van der Waals surface area (Å²) < 4.78 is 5.22. The number of carbonyl (C=O) groups excluding carboxylic acids is 1. The van der Waals surface area contributed by atoms with Crippen molar-refractivity contribution >= 4 is 5.91 Å². The molecule has 2 rings (SSSR count). The molecule has 3 nitrogen and oxygen atoms in total. The molecule has 0 aromatic heterocycles. The van der Waals surface area contributed by atoms with Gasteiger partial charge in [0.25, 0.3) is 5.91 Å². The molecule has 1 saturated heterocycles. The van der Waals surface area contributed by atoms with Crippen LogP contribution in [0.2, 0.25) is 0 Å². The molecule has 0 atom stereocenters. The van der Waals surface area contributed by atoms with E-state index in [-0.39, 0.29) is 5.91 Å². The molecule has 0 unspecified atom stereocenters. The monoisotopic (exact) mass is 235 g/mol. The Labute approximate surface area is 103 Å². The third kappa shape index (κ3) is 3.86. The summed E-state index contributed by atoms with van der Waals surface area (Å²) in [5.41, 5.74) is 1.89. The van der Waals surface area contributed by atoms with Gasteiger partial charge in [-0.3, -0.25) is 4.79 Å². The van der Waals surface area contributed by atoms with E-state index in [1.807, 2.05) is 49.9 Å². The van der Waals surface area contributed by atoms with Crippen LogP contribution in [0.1, 0.15) is 29.8 Å². The fraction of sp³-hybridized carbons (Fsp3) is 0.500. The van der Waals surface area contributed by atoms with Crippen LogP contribution in [-0.4, -0.2) is 37.1 Å². The minimum Gasteiger partial charge on any atom is -0.378 e. The highest BCUT2D eigenvalue weighted by Crippen LogP contribution is 2.09. The van der Waals surface area contributed by atoms with Crippen LogP contribution in [0.5, 0.6) is 0 Å². The second kappa shape index (κ2) is 7.07. The Morgan fingerprint density at radius 1 is 1.24 bits per heavy atom. The normalized spacial score (nSPS) is 14.9. The first-order valence-corrected chi connectivity index (χ1v) is 6.21. The summed E-state index contributed by atoms with van der Waals surface area (Å²) >= 11 is 0. The van der Waals surface area contributed by atoms with E-state index in [0.717, 1.165) is 11.1 Å². The maximum Gasteiger partial charge on any atom is 0.254 e. The van der Waals surface area contributed by atoms with Gasteiger partial charge in [0.2, 0.25) is 0 Å². The predicted octanol–water partition coefficient (Wildman–Crippen LogP) is 2.49. The first-order valence-electron chi connectivity index (χ1n) is 6.21. The lowest BCUT2D eigenvalue weighted by Gasteiger charge is -2.26. The molecule has 0 spiro atoms. The van der Waals surface area contributed by atoms with E-state index >= 15 is 0 Å². The van der Waals surface area contributed by atoms with E-state index in [1.165, 1.54) is 0 Å². The van der Waals surface area contributed by atoms with E-state index in [2.05, 4.69) is 0 Å². The summed E-state index contributed by atoms with van der Waals surface area (Å²) in [5, 5.41) is 0. The van der Waals surface area contributed by atoms with Crippen molar-refractivity contribution < 1.29 is 9.53 Å². The van der Waals surface area contributed by atoms with Crippen LogP contribution in [0.4, 0.5) is 0 Å². The van der Waals surface area contributed by atoms with E-state index in [0.29, 0.717) is 26.3 Å². The lowest BCUT2D eigenvalue weighted by molar-refractivity contribution is 0.0303. The molecule has 1 aromatic rings. The number of amides is 1. The molecule has 1 heterocycles. The molecule has 17 heavy (non-hydrogen) atoms. The quantitative estimate of drug-likeness (QED) is 0.748. The Morgan fingerprint density at radius 3 is 2.47 bits per heavy atom. The van der Waals surface area contributed by atoms with Crippen LogP contribution in [0, 0.1) is 6.92 Å². The zero-order valence-electron chi connectivity index (χ0n) is 10.9. The van der Waals surface area contributed by atoms with Gasteiger partial charge in [0.15, 0.2) is 0 Å². The molecule has 1 aromatic carbocycles. The third-order valence-corrected chi connectivity index (χ3v) is 2.56. The lowest BCUT2D eigenvalue weighted by Crippen LogP contribution is -2.40. The summed E-state index contributed by atoms with van der Waals surface area (Å²) in [4.78, 5) is 13.9. The molecule has 1 fully saturated rings. The average molecular weight is 235 g/mol. The second-order valence-electron chi connectivity index (χ2n) is 3.77. The topological polar surface area (TPSA) is 29.5 Å². The van der Waals surface area contributed by atoms with Gasteiger partial charge in [-0.15, -0.1) is 0 Å². The molecule has 1 amide bonds. The summed E-state index contributed by atoms with van der Waals surface area (Å²) in [7, 11) is 0. The first-order chi connectivity index (χ1) is 8.27. The molecule has 3 heteroatoms. The van der Waals surface area contributed by atoms with E-state index < -0.39 is 0 Å². The van der Waals surface area contributed by atoms with Gasteiger partial charge < -0.3 is 9.64 Å². The molecule has 0 radical (unpaired) electrons. The Morgan fingerprint density at radius 2 is 1.88 bits per heavy atom. The Balaban J connectivity index is 0.000000686. The largest absolute Gasteiger partial charge is 0.378 e. The molecule has 1 aliphatic rings. The van der Waals surface area contributed by atoms with Crippen LogP contribution in [0.25, 0.3) is 0 Å². The highest BCUT2D eigenvalue weighted by molar-refractivity contribution is 5.94. The highest BCUT2D eigenvalue weighted by atomic mass is 16.5. The number of hydrogen-bond acceptors (Lipinski definition) is 2. The molecule has 94 valence electrons. The van der Waals surface area contributed by atoms with Crippen molar-refractivity contribution in [2.75, 3.05) is 26.3 Å². The van der Waals surface area contributed by atoms with Gasteiger partial charge in [-0.05, 0) is 19.1 Å². The van der Waals surface area contributed by atoms with Crippen molar-refractivity contribution in [3.8, 4) is 0 Å². The summed E-state index contributed by atoms with van der Waals surface area (Å²) in [6.07, 6.45) is 0. The number of hydrogen-bond donors (Lipinski definition) is 0. The molecule has 1 aliphatic heterocycles. The number of aryl methyl sites for hydroxylation is 1. The molecule has 0 N–H and O–H groups in total. The van der Waals surface area contributed by atoms with Crippen molar-refractivity contribution in [2.45, 2.75) is 20.8 Å². The van der Waals surface area contributed by atoms with Crippen molar-refractivity contribution in [1.29, 1.82) is 0 Å². The maximum atomic E-state index is 12.0. The summed E-state index contributed by atoms with van der Waals surface area (Å²) in [5.74, 6) is 0.113. The number of ether oxygens (including phenoxy) is 1. The third-order valence-electron chi connectivity index (χ3n) is 2.56. The fourth-order valence-electron chi connectivity index (χ4n) is 1.73. The van der Waals surface area contributed by atoms with Crippen LogP contribution < -0.4 is 0 Å². The molecule has 0 aliphatic carbocycles. The minimum absolute atomic E-state index is 0.113. The Bertz CT molecular complexity index is 357. The fourth-order valence-corrected chi connectivity index (χ4v) is 1.73. The average Bonchev–Trinajstić information content (AvgIpc) is 2.41. The number of benzene rings is 1.